The van der Waals surface area contributed by atoms with E-state index >= 15 is 0 Å². The Bertz CT molecular complexity index is 464. The monoisotopic (exact) mass is 320 g/mol. The Morgan fingerprint density at radius 1 is 1.00 bits per heavy atom. The maximum atomic E-state index is 2.53. The van der Waals surface area contributed by atoms with Gasteiger partial charge in [-0.2, -0.15) is 0 Å². The van der Waals surface area contributed by atoms with E-state index in [0.717, 1.165) is 0 Å². The normalized spacial score (nSPS) is 19.4. The van der Waals surface area contributed by atoms with Crippen molar-refractivity contribution in [1.82, 2.24) is 0 Å². The summed E-state index contributed by atoms with van der Waals surface area (Å²) in [4.78, 5) is 0. The van der Waals surface area contributed by atoms with Crippen LogP contribution in [0.5, 0.6) is 0 Å². The van der Waals surface area contributed by atoms with Crippen molar-refractivity contribution in [3.05, 3.63) is 41.0 Å². The number of allylic oxidation sites excluding steroid dienone is 7. The van der Waals surface area contributed by atoms with Crippen LogP contribution in [0.3, 0.4) is 0 Å². The second-order valence-corrected chi connectivity index (χ2v) is 8.78. The van der Waals surface area contributed by atoms with Gasteiger partial charge in [-0.25, -0.2) is 0 Å². The fourth-order valence-corrected chi connectivity index (χ4v) is 6.03. The fourth-order valence-electron chi connectivity index (χ4n) is 2.57. The van der Waals surface area contributed by atoms with Gasteiger partial charge in [-0.05, 0) is 0 Å². The predicted octanol–water partition coefficient (Wildman–Crippen LogP) is 5.59. The summed E-state index contributed by atoms with van der Waals surface area (Å²) >= 11 is -0.591. The molecule has 0 bridgehead atoms. The van der Waals surface area contributed by atoms with E-state index in [1.165, 1.54) is 16.7 Å². The SMILES string of the molecule is CC(C)=C/C(C)=[CH]\[Zr][C]1=C(C)C(C)=C(C)C1(C)C. The zero-order valence-corrected chi connectivity index (χ0v) is 15.6. The van der Waals surface area contributed by atoms with Gasteiger partial charge in [-0.3, -0.25) is 0 Å². The number of hydrogen-bond donors (Lipinski definition) is 0. The molecule has 1 heteroatoms. The van der Waals surface area contributed by atoms with Crippen LogP contribution in [0.1, 0.15) is 55.4 Å². The summed E-state index contributed by atoms with van der Waals surface area (Å²) < 4.78 is 4.28. The van der Waals surface area contributed by atoms with Crippen LogP contribution in [-0.4, -0.2) is 0 Å². The Morgan fingerprint density at radius 2 is 1.56 bits per heavy atom. The Hall–Kier alpha value is -0.157. The Kier molecular flexibility index (Phi) is 5.18. The molecule has 98 valence electrons. The summed E-state index contributed by atoms with van der Waals surface area (Å²) in [5.74, 6) is 0. The minimum absolute atomic E-state index is 0.308. The molecular formula is C17H26Zr. The van der Waals surface area contributed by atoms with E-state index < -0.39 is 23.2 Å². The molecule has 0 aromatic rings. The van der Waals surface area contributed by atoms with E-state index in [2.05, 4.69) is 65.2 Å². The molecular weight excluding hydrogens is 295 g/mol. The summed E-state index contributed by atoms with van der Waals surface area (Å²) in [6.07, 6.45) is 2.30. The van der Waals surface area contributed by atoms with Crippen LogP contribution in [0.2, 0.25) is 0 Å². The molecule has 0 nitrogen and oxygen atoms in total. The average molecular weight is 322 g/mol. The third kappa shape index (κ3) is 3.24. The van der Waals surface area contributed by atoms with Crippen molar-refractivity contribution in [2.75, 3.05) is 0 Å². The molecule has 0 unspecified atom stereocenters. The van der Waals surface area contributed by atoms with Crippen LogP contribution in [0.4, 0.5) is 0 Å². The molecule has 0 aromatic carbocycles. The van der Waals surface area contributed by atoms with E-state index in [1.807, 2.05) is 0 Å². The molecule has 0 fully saturated rings. The Balaban J connectivity index is 2.98. The van der Waals surface area contributed by atoms with Crippen LogP contribution in [0.25, 0.3) is 0 Å². The number of rotatable bonds is 3. The van der Waals surface area contributed by atoms with Gasteiger partial charge in [0.1, 0.15) is 0 Å². The van der Waals surface area contributed by atoms with Crippen molar-refractivity contribution in [2.45, 2.75) is 55.4 Å². The molecule has 0 aliphatic heterocycles. The van der Waals surface area contributed by atoms with Gasteiger partial charge in [-0.1, -0.05) is 0 Å². The summed E-state index contributed by atoms with van der Waals surface area (Å²) in [5, 5.41) is 0. The summed E-state index contributed by atoms with van der Waals surface area (Å²) in [6, 6.07) is 0. The van der Waals surface area contributed by atoms with Crippen molar-refractivity contribution < 1.29 is 23.2 Å². The fraction of sp³-hybridized carbons (Fsp3) is 0.529. The molecule has 0 aromatic heterocycles. The van der Waals surface area contributed by atoms with Crippen molar-refractivity contribution in [2.24, 2.45) is 5.41 Å². The Morgan fingerprint density at radius 3 is 1.94 bits per heavy atom. The second-order valence-electron chi connectivity index (χ2n) is 6.13. The average Bonchev–Trinajstić information content (AvgIpc) is 2.37. The number of hydrogen-bond acceptors (Lipinski definition) is 0. The van der Waals surface area contributed by atoms with Crippen molar-refractivity contribution in [3.8, 4) is 0 Å². The third-order valence-electron chi connectivity index (χ3n) is 4.02. The van der Waals surface area contributed by atoms with E-state index in [4.69, 9.17) is 0 Å². The maximum absolute atomic E-state index is 2.53. The van der Waals surface area contributed by atoms with E-state index in [-0.39, 0.29) is 0 Å². The molecule has 0 amide bonds. The third-order valence-corrected chi connectivity index (χ3v) is 8.66. The van der Waals surface area contributed by atoms with Crippen molar-refractivity contribution in [3.63, 3.8) is 0 Å². The summed E-state index contributed by atoms with van der Waals surface area (Å²) in [5.41, 5.74) is 7.82. The van der Waals surface area contributed by atoms with E-state index in [9.17, 15) is 0 Å². The van der Waals surface area contributed by atoms with Gasteiger partial charge in [0.2, 0.25) is 0 Å². The quantitative estimate of drug-likeness (QED) is 0.594. The van der Waals surface area contributed by atoms with Crippen LogP contribution < -0.4 is 0 Å². The summed E-state index contributed by atoms with van der Waals surface area (Å²) in [7, 11) is 0. The van der Waals surface area contributed by atoms with Gasteiger partial charge in [-0.15, -0.1) is 0 Å². The molecule has 1 rings (SSSR count). The first-order chi connectivity index (χ1) is 8.17. The molecule has 0 N–H and O–H groups in total. The molecule has 0 radical (unpaired) electrons. The minimum atomic E-state index is -0.591. The zero-order chi connectivity index (χ0) is 14.1. The first kappa shape index (κ1) is 15.9. The molecule has 0 saturated heterocycles. The molecule has 0 atom stereocenters. The molecule has 1 aliphatic rings. The first-order valence-electron chi connectivity index (χ1n) is 6.65. The molecule has 0 saturated carbocycles. The second kappa shape index (κ2) is 5.87. The van der Waals surface area contributed by atoms with Crippen molar-refractivity contribution >= 4 is 0 Å². The predicted molar refractivity (Wildman–Crippen MR) is 78.0 cm³/mol. The molecule has 1 aliphatic carbocycles. The zero-order valence-electron chi connectivity index (χ0n) is 13.2. The van der Waals surface area contributed by atoms with Gasteiger partial charge in [0, 0.05) is 0 Å². The van der Waals surface area contributed by atoms with Gasteiger partial charge in [0.05, 0.1) is 0 Å². The first-order valence-corrected chi connectivity index (χ1v) is 9.30. The van der Waals surface area contributed by atoms with E-state index in [0.29, 0.717) is 5.41 Å². The molecule has 0 spiro atoms. The topological polar surface area (TPSA) is 0 Å². The summed E-state index contributed by atoms with van der Waals surface area (Å²) in [6.45, 7) is 18.3. The van der Waals surface area contributed by atoms with Crippen molar-refractivity contribution in [1.29, 1.82) is 0 Å². The van der Waals surface area contributed by atoms with Crippen LogP contribution >= 0.6 is 0 Å². The van der Waals surface area contributed by atoms with Gasteiger partial charge >= 0.3 is 125 Å². The van der Waals surface area contributed by atoms with Gasteiger partial charge < -0.3 is 0 Å². The standard InChI is InChI=1S/C10H15.C7H11.Zr/c1-7-6-10(4,5)9(3)8(7)2;1-6(2)5-7(3)4;/h1-5H3;1,5H,2-4H3;. The Labute approximate surface area is 125 Å². The van der Waals surface area contributed by atoms with Crippen LogP contribution in [0.15, 0.2) is 41.0 Å². The van der Waals surface area contributed by atoms with E-state index in [1.54, 1.807) is 14.4 Å². The van der Waals surface area contributed by atoms with Crippen LogP contribution in [-0.2, 0) is 23.2 Å². The van der Waals surface area contributed by atoms with Gasteiger partial charge in [0.25, 0.3) is 0 Å². The van der Waals surface area contributed by atoms with Gasteiger partial charge in [0.15, 0.2) is 0 Å². The molecule has 0 heterocycles. The van der Waals surface area contributed by atoms with Crippen LogP contribution in [0, 0.1) is 5.41 Å². The molecule has 18 heavy (non-hydrogen) atoms.